The van der Waals surface area contributed by atoms with Crippen LogP contribution in [0.4, 0.5) is 5.82 Å². The van der Waals surface area contributed by atoms with Crippen LogP contribution in [0.15, 0.2) is 24.4 Å². The summed E-state index contributed by atoms with van der Waals surface area (Å²) in [6.07, 6.45) is 1.35. The Morgan fingerprint density at radius 1 is 1.47 bits per heavy atom. The highest BCUT2D eigenvalue weighted by atomic mass is 16.5. The van der Waals surface area contributed by atoms with Gasteiger partial charge in [-0.1, -0.05) is 17.7 Å². The largest absolute Gasteiger partial charge is 0.496 e. The van der Waals surface area contributed by atoms with Gasteiger partial charge < -0.3 is 15.6 Å². The van der Waals surface area contributed by atoms with Gasteiger partial charge in [-0.15, -0.1) is 0 Å². The second-order valence-electron chi connectivity index (χ2n) is 4.64. The first-order valence-corrected chi connectivity index (χ1v) is 6.12. The van der Waals surface area contributed by atoms with Gasteiger partial charge in [-0.05, 0) is 18.6 Å². The normalized spacial score (nSPS) is 12.4. The van der Waals surface area contributed by atoms with Gasteiger partial charge in [-0.3, -0.25) is 4.68 Å². The summed E-state index contributed by atoms with van der Waals surface area (Å²) >= 11 is 0. The van der Waals surface area contributed by atoms with E-state index < -0.39 is 6.10 Å². The third-order valence-corrected chi connectivity index (χ3v) is 3.22. The third-order valence-electron chi connectivity index (χ3n) is 3.22. The minimum atomic E-state index is -0.690. The predicted octanol–water partition coefficient (Wildman–Crippen LogP) is 1.60. The van der Waals surface area contributed by atoms with E-state index in [-0.39, 0.29) is 0 Å². The van der Waals surface area contributed by atoms with Gasteiger partial charge >= 0.3 is 0 Å². The van der Waals surface area contributed by atoms with Crippen LogP contribution in [-0.2, 0) is 13.5 Å². The molecule has 5 nitrogen and oxygen atoms in total. The van der Waals surface area contributed by atoms with Crippen LogP contribution in [0.1, 0.15) is 22.8 Å². The molecule has 3 N–H and O–H groups in total. The van der Waals surface area contributed by atoms with Crippen molar-refractivity contribution in [3.05, 3.63) is 41.1 Å². The van der Waals surface area contributed by atoms with Crippen molar-refractivity contribution in [3.8, 4) is 5.75 Å². The number of aryl methyl sites for hydroxylation is 2. The lowest BCUT2D eigenvalue weighted by atomic mass is 10.0. The number of nitrogens with two attached hydrogens (primary N) is 1. The standard InChI is InChI=1S/C14H19N3O2/c1-9-4-5-13(19-3)10(6-9)7-12(18)11-8-16-17(2)14(11)15/h4-6,8,12,18H,7,15H2,1-3H3. The SMILES string of the molecule is COc1ccc(C)cc1CC(O)c1cnn(C)c1N. The van der Waals surface area contributed by atoms with E-state index >= 15 is 0 Å². The smallest absolute Gasteiger partial charge is 0.127 e. The number of aromatic nitrogens is 2. The third kappa shape index (κ3) is 2.71. The zero-order valence-corrected chi connectivity index (χ0v) is 11.4. The number of hydrogen-bond donors (Lipinski definition) is 2. The van der Waals surface area contributed by atoms with Gasteiger partial charge in [0, 0.05) is 19.0 Å². The molecule has 2 aromatic rings. The quantitative estimate of drug-likeness (QED) is 0.876. The van der Waals surface area contributed by atoms with E-state index in [1.54, 1.807) is 25.0 Å². The Morgan fingerprint density at radius 2 is 2.21 bits per heavy atom. The van der Waals surface area contributed by atoms with E-state index in [0.29, 0.717) is 17.8 Å². The van der Waals surface area contributed by atoms with Crippen molar-refractivity contribution in [2.45, 2.75) is 19.4 Å². The van der Waals surface area contributed by atoms with Crippen molar-refractivity contribution in [1.29, 1.82) is 0 Å². The molecule has 1 aromatic carbocycles. The fourth-order valence-corrected chi connectivity index (χ4v) is 2.11. The van der Waals surface area contributed by atoms with E-state index in [9.17, 15) is 5.11 Å². The van der Waals surface area contributed by atoms with Gasteiger partial charge in [0.25, 0.3) is 0 Å². The molecule has 0 fully saturated rings. The average molecular weight is 261 g/mol. The molecule has 5 heteroatoms. The van der Waals surface area contributed by atoms with Gasteiger partial charge in [-0.2, -0.15) is 5.10 Å². The minimum Gasteiger partial charge on any atom is -0.496 e. The van der Waals surface area contributed by atoms with Crippen LogP contribution in [0.5, 0.6) is 5.75 Å². The molecule has 0 bridgehead atoms. The molecule has 0 saturated carbocycles. The van der Waals surface area contributed by atoms with E-state index in [2.05, 4.69) is 5.10 Å². The van der Waals surface area contributed by atoms with E-state index in [1.165, 1.54) is 0 Å². The van der Waals surface area contributed by atoms with Crippen molar-refractivity contribution < 1.29 is 9.84 Å². The minimum absolute atomic E-state index is 0.445. The lowest BCUT2D eigenvalue weighted by Crippen LogP contribution is -2.07. The zero-order chi connectivity index (χ0) is 14.0. The maximum atomic E-state index is 10.3. The molecule has 0 spiro atoms. The van der Waals surface area contributed by atoms with Crippen LogP contribution in [0.25, 0.3) is 0 Å². The van der Waals surface area contributed by atoms with Gasteiger partial charge in [0.05, 0.1) is 19.4 Å². The molecule has 0 aliphatic rings. The highest BCUT2D eigenvalue weighted by Gasteiger charge is 2.17. The molecule has 0 amide bonds. The number of rotatable bonds is 4. The van der Waals surface area contributed by atoms with Gasteiger partial charge in [0.15, 0.2) is 0 Å². The molecule has 0 aliphatic heterocycles. The average Bonchev–Trinajstić information content (AvgIpc) is 2.70. The number of nitrogens with zero attached hydrogens (tertiary/aromatic N) is 2. The van der Waals surface area contributed by atoms with Crippen LogP contribution >= 0.6 is 0 Å². The van der Waals surface area contributed by atoms with Crippen molar-refractivity contribution in [2.24, 2.45) is 7.05 Å². The van der Waals surface area contributed by atoms with Crippen LogP contribution in [0.2, 0.25) is 0 Å². The summed E-state index contributed by atoms with van der Waals surface area (Å²) in [6.45, 7) is 2.01. The molecular weight excluding hydrogens is 242 g/mol. The van der Waals surface area contributed by atoms with Crippen LogP contribution in [-0.4, -0.2) is 22.0 Å². The number of aliphatic hydroxyl groups excluding tert-OH is 1. The van der Waals surface area contributed by atoms with Crippen molar-refractivity contribution >= 4 is 5.82 Å². The molecular formula is C14H19N3O2. The Bertz CT molecular complexity index is 578. The molecule has 1 atom stereocenters. The van der Waals surface area contributed by atoms with Crippen molar-refractivity contribution in [1.82, 2.24) is 9.78 Å². The Labute approximate surface area is 112 Å². The lowest BCUT2D eigenvalue weighted by molar-refractivity contribution is 0.178. The number of aliphatic hydroxyl groups is 1. The molecule has 2 rings (SSSR count). The van der Waals surface area contributed by atoms with E-state index in [0.717, 1.165) is 16.9 Å². The monoisotopic (exact) mass is 261 g/mol. The molecule has 102 valence electrons. The van der Waals surface area contributed by atoms with Gasteiger partial charge in [0.2, 0.25) is 0 Å². The fourth-order valence-electron chi connectivity index (χ4n) is 2.11. The second kappa shape index (κ2) is 5.32. The van der Waals surface area contributed by atoms with Gasteiger partial charge in [0.1, 0.15) is 11.6 Å². The van der Waals surface area contributed by atoms with Crippen molar-refractivity contribution in [3.63, 3.8) is 0 Å². The number of anilines is 1. The first kappa shape index (κ1) is 13.4. The number of ether oxygens (including phenoxy) is 1. The van der Waals surface area contributed by atoms with Crippen LogP contribution in [0.3, 0.4) is 0 Å². The topological polar surface area (TPSA) is 73.3 Å². The second-order valence-corrected chi connectivity index (χ2v) is 4.64. The molecule has 0 radical (unpaired) electrons. The van der Waals surface area contributed by atoms with Crippen molar-refractivity contribution in [2.75, 3.05) is 12.8 Å². The summed E-state index contributed by atoms with van der Waals surface area (Å²) in [6, 6.07) is 5.89. The maximum Gasteiger partial charge on any atom is 0.127 e. The molecule has 1 aromatic heterocycles. The first-order chi connectivity index (χ1) is 9.02. The number of hydrogen-bond acceptors (Lipinski definition) is 4. The van der Waals surface area contributed by atoms with Crippen LogP contribution < -0.4 is 10.5 Å². The predicted molar refractivity (Wildman–Crippen MR) is 74.0 cm³/mol. The molecule has 19 heavy (non-hydrogen) atoms. The Balaban J connectivity index is 2.26. The van der Waals surface area contributed by atoms with E-state index in [1.807, 2.05) is 25.1 Å². The Morgan fingerprint density at radius 3 is 2.79 bits per heavy atom. The molecule has 1 unspecified atom stereocenters. The molecule has 1 heterocycles. The lowest BCUT2D eigenvalue weighted by Gasteiger charge is -2.14. The summed E-state index contributed by atoms with van der Waals surface area (Å²) in [5, 5.41) is 14.3. The Hall–Kier alpha value is -2.01. The number of methoxy groups -OCH3 is 1. The fraction of sp³-hybridized carbons (Fsp3) is 0.357. The highest BCUT2D eigenvalue weighted by Crippen LogP contribution is 2.28. The van der Waals surface area contributed by atoms with Crippen LogP contribution in [0, 0.1) is 6.92 Å². The zero-order valence-electron chi connectivity index (χ0n) is 11.4. The number of benzene rings is 1. The molecule has 0 saturated heterocycles. The maximum absolute atomic E-state index is 10.3. The summed E-state index contributed by atoms with van der Waals surface area (Å²) in [5.74, 6) is 1.26. The highest BCUT2D eigenvalue weighted by molar-refractivity contribution is 5.43. The summed E-state index contributed by atoms with van der Waals surface area (Å²) < 4.78 is 6.86. The summed E-state index contributed by atoms with van der Waals surface area (Å²) in [4.78, 5) is 0. The first-order valence-electron chi connectivity index (χ1n) is 6.12. The number of nitrogen functional groups attached to an aromatic ring is 1. The van der Waals surface area contributed by atoms with E-state index in [4.69, 9.17) is 10.5 Å². The summed E-state index contributed by atoms with van der Waals surface area (Å²) in [5.41, 5.74) is 8.60. The van der Waals surface area contributed by atoms with Gasteiger partial charge in [-0.25, -0.2) is 0 Å². The summed E-state index contributed by atoms with van der Waals surface area (Å²) in [7, 11) is 3.37. The molecule has 0 aliphatic carbocycles. The Kier molecular flexibility index (Phi) is 3.76.